The van der Waals surface area contributed by atoms with Gasteiger partial charge in [0, 0.05) is 49.0 Å². The highest BCUT2D eigenvalue weighted by atomic mass is 19.4. The molecule has 0 aliphatic heterocycles. The smallest absolute Gasteiger partial charge is 0.406 e. The summed E-state index contributed by atoms with van der Waals surface area (Å²) in [6, 6.07) is 12.9. The number of carbonyl (C=O) groups excluding carboxylic acids is 1. The van der Waals surface area contributed by atoms with Crippen molar-refractivity contribution >= 4 is 28.2 Å². The zero-order valence-corrected chi connectivity index (χ0v) is 25.6. The van der Waals surface area contributed by atoms with Crippen LogP contribution in [0.25, 0.3) is 10.9 Å². The molecule has 0 radical (unpaired) electrons. The van der Waals surface area contributed by atoms with E-state index in [4.69, 9.17) is 9.47 Å². The molecule has 1 heterocycles. The molecule has 1 saturated carbocycles. The predicted octanol–water partition coefficient (Wildman–Crippen LogP) is 5.77. The minimum Gasteiger partial charge on any atom is -0.495 e. The fourth-order valence-corrected chi connectivity index (χ4v) is 5.56. The molecule has 3 aromatic rings. The number of carbonyl (C=O) groups is 1. The second-order valence-electron chi connectivity index (χ2n) is 10.9. The standard InChI is InChI=1S/C33H42F3N5O3/c1-4-37-32(42)23-11-16-29(31(20-23)44-3)39-17-6-8-26-21-27-28(9-5-10-30(27)41(26)22-33(34,35)36)40-25-14-12-24(13-15-25)38-18-7-19-43-2/h5,9-11,16,20-21,24-25,38-40H,4,7,12-15,17-19,22H2,1-3H3,(H,37,42). The molecular weight excluding hydrogens is 571 g/mol. The van der Waals surface area contributed by atoms with Gasteiger partial charge in [-0.05, 0) is 87.9 Å². The molecule has 1 aliphatic rings. The summed E-state index contributed by atoms with van der Waals surface area (Å²) in [7, 11) is 3.21. The van der Waals surface area contributed by atoms with Crippen LogP contribution in [-0.4, -0.2) is 69.2 Å². The maximum Gasteiger partial charge on any atom is 0.406 e. The Kier molecular flexibility index (Phi) is 11.8. The van der Waals surface area contributed by atoms with E-state index in [1.54, 1.807) is 43.5 Å². The number of amides is 1. The number of nitrogens with zero attached hydrogens (tertiary/aromatic N) is 1. The second kappa shape index (κ2) is 15.7. The second-order valence-corrected chi connectivity index (χ2v) is 10.9. The average Bonchev–Trinajstić information content (AvgIpc) is 3.35. The van der Waals surface area contributed by atoms with E-state index in [1.807, 2.05) is 13.0 Å². The number of methoxy groups -OCH3 is 2. The highest BCUT2D eigenvalue weighted by Crippen LogP contribution is 2.32. The first kappa shape index (κ1) is 33.0. The Labute approximate surface area is 257 Å². The van der Waals surface area contributed by atoms with Gasteiger partial charge in [0.2, 0.25) is 0 Å². The van der Waals surface area contributed by atoms with E-state index in [1.165, 1.54) is 11.7 Å². The zero-order valence-electron chi connectivity index (χ0n) is 25.6. The number of ether oxygens (including phenoxy) is 2. The van der Waals surface area contributed by atoms with Crippen molar-refractivity contribution in [3.63, 3.8) is 0 Å². The number of rotatable bonds is 13. The number of hydrogen-bond acceptors (Lipinski definition) is 6. The summed E-state index contributed by atoms with van der Waals surface area (Å²) < 4.78 is 52.7. The molecule has 1 aromatic heterocycles. The summed E-state index contributed by atoms with van der Waals surface area (Å²) in [5.41, 5.74) is 2.68. The largest absolute Gasteiger partial charge is 0.495 e. The first-order chi connectivity index (χ1) is 21.2. The molecule has 4 rings (SSSR count). The molecular formula is C33H42F3N5O3. The third-order valence-corrected chi connectivity index (χ3v) is 7.71. The molecule has 238 valence electrons. The molecule has 8 nitrogen and oxygen atoms in total. The molecule has 11 heteroatoms. The number of nitrogens with one attached hydrogen (secondary N) is 4. The predicted molar refractivity (Wildman–Crippen MR) is 169 cm³/mol. The lowest BCUT2D eigenvalue weighted by Gasteiger charge is -2.30. The summed E-state index contributed by atoms with van der Waals surface area (Å²) in [6.45, 7) is 3.05. The van der Waals surface area contributed by atoms with Gasteiger partial charge in [-0.2, -0.15) is 13.2 Å². The van der Waals surface area contributed by atoms with Gasteiger partial charge in [0.05, 0.1) is 30.6 Å². The molecule has 1 aliphatic carbocycles. The van der Waals surface area contributed by atoms with Crippen LogP contribution in [0.15, 0.2) is 42.5 Å². The Balaban J connectivity index is 1.48. The third kappa shape index (κ3) is 9.07. The SMILES string of the molecule is CCNC(=O)c1ccc(NCC#Cc2cc3c(NC4CCC(NCCCOC)CC4)cccc3n2CC(F)(F)F)c(OC)c1. The Hall–Kier alpha value is -3.88. The number of fused-ring (bicyclic) bond motifs is 1. The van der Waals surface area contributed by atoms with Crippen LogP contribution in [0, 0.1) is 11.8 Å². The number of anilines is 2. The van der Waals surface area contributed by atoms with Gasteiger partial charge < -0.3 is 35.3 Å². The highest BCUT2D eigenvalue weighted by molar-refractivity contribution is 5.95. The van der Waals surface area contributed by atoms with Gasteiger partial charge in [-0.3, -0.25) is 4.79 Å². The van der Waals surface area contributed by atoms with Crippen LogP contribution in [0.2, 0.25) is 0 Å². The van der Waals surface area contributed by atoms with E-state index in [9.17, 15) is 18.0 Å². The molecule has 0 saturated heterocycles. The first-order valence-corrected chi connectivity index (χ1v) is 15.1. The van der Waals surface area contributed by atoms with Crippen molar-refractivity contribution in [3.8, 4) is 17.6 Å². The van der Waals surface area contributed by atoms with Crippen LogP contribution in [0.5, 0.6) is 5.75 Å². The van der Waals surface area contributed by atoms with Crippen LogP contribution in [0.1, 0.15) is 55.1 Å². The van der Waals surface area contributed by atoms with Gasteiger partial charge >= 0.3 is 6.18 Å². The molecule has 0 spiro atoms. The van der Waals surface area contributed by atoms with Crippen molar-refractivity contribution in [1.82, 2.24) is 15.2 Å². The quantitative estimate of drug-likeness (QED) is 0.145. The average molecular weight is 614 g/mol. The van der Waals surface area contributed by atoms with Crippen molar-refractivity contribution in [2.75, 3.05) is 51.1 Å². The fraction of sp³-hybridized carbons (Fsp3) is 0.485. The third-order valence-electron chi connectivity index (χ3n) is 7.71. The number of alkyl halides is 3. The monoisotopic (exact) mass is 613 g/mol. The van der Waals surface area contributed by atoms with Gasteiger partial charge in [0.1, 0.15) is 12.3 Å². The number of halogens is 3. The zero-order chi connectivity index (χ0) is 31.5. The van der Waals surface area contributed by atoms with Gasteiger partial charge in [-0.1, -0.05) is 12.0 Å². The van der Waals surface area contributed by atoms with Gasteiger partial charge in [-0.15, -0.1) is 0 Å². The topological polar surface area (TPSA) is 88.6 Å². The number of aromatic nitrogens is 1. The molecule has 0 atom stereocenters. The van der Waals surface area contributed by atoms with Crippen molar-refractivity contribution < 1.29 is 27.4 Å². The van der Waals surface area contributed by atoms with Crippen LogP contribution in [0.3, 0.4) is 0 Å². The lowest BCUT2D eigenvalue weighted by Crippen LogP contribution is -2.37. The molecule has 1 amide bonds. The summed E-state index contributed by atoms with van der Waals surface area (Å²) in [6.07, 6.45) is 0.615. The molecule has 2 aromatic carbocycles. The van der Waals surface area contributed by atoms with E-state index < -0.39 is 12.7 Å². The summed E-state index contributed by atoms with van der Waals surface area (Å²) in [5.74, 6) is 6.16. The van der Waals surface area contributed by atoms with Gasteiger partial charge in [-0.25, -0.2) is 0 Å². The maximum atomic E-state index is 13.6. The fourth-order valence-electron chi connectivity index (χ4n) is 5.56. The molecule has 44 heavy (non-hydrogen) atoms. The van der Waals surface area contributed by atoms with Crippen molar-refractivity contribution in [2.45, 2.75) is 63.8 Å². The van der Waals surface area contributed by atoms with E-state index in [0.29, 0.717) is 35.1 Å². The molecule has 1 fully saturated rings. The van der Waals surface area contributed by atoms with E-state index in [-0.39, 0.29) is 24.2 Å². The first-order valence-electron chi connectivity index (χ1n) is 15.1. The minimum atomic E-state index is -4.40. The Morgan fingerprint density at radius 2 is 1.82 bits per heavy atom. The maximum absolute atomic E-state index is 13.6. The molecule has 4 N–H and O–H groups in total. The van der Waals surface area contributed by atoms with Crippen LogP contribution in [-0.2, 0) is 11.3 Å². The van der Waals surface area contributed by atoms with Gasteiger partial charge in [0.25, 0.3) is 5.91 Å². The lowest BCUT2D eigenvalue weighted by molar-refractivity contribution is -0.140. The normalized spacial score (nSPS) is 16.7. The van der Waals surface area contributed by atoms with Crippen LogP contribution < -0.4 is 26.0 Å². The summed E-state index contributed by atoms with van der Waals surface area (Å²) in [5, 5.41) is 13.8. The lowest BCUT2D eigenvalue weighted by atomic mass is 9.91. The van der Waals surface area contributed by atoms with E-state index in [0.717, 1.165) is 56.3 Å². The van der Waals surface area contributed by atoms with Crippen molar-refractivity contribution in [2.24, 2.45) is 0 Å². The number of benzene rings is 2. The van der Waals surface area contributed by atoms with Crippen LogP contribution in [0.4, 0.5) is 24.5 Å². The Morgan fingerprint density at radius 1 is 1.05 bits per heavy atom. The van der Waals surface area contributed by atoms with Crippen molar-refractivity contribution in [3.05, 3.63) is 53.7 Å². The summed E-state index contributed by atoms with van der Waals surface area (Å²) in [4.78, 5) is 12.1. The highest BCUT2D eigenvalue weighted by Gasteiger charge is 2.30. The molecule has 0 bridgehead atoms. The van der Waals surface area contributed by atoms with Gasteiger partial charge in [0.15, 0.2) is 0 Å². The minimum absolute atomic E-state index is 0.165. The number of hydrogen-bond donors (Lipinski definition) is 4. The Morgan fingerprint density at radius 3 is 2.52 bits per heavy atom. The van der Waals surface area contributed by atoms with Crippen molar-refractivity contribution in [1.29, 1.82) is 0 Å². The van der Waals surface area contributed by atoms with Crippen LogP contribution >= 0.6 is 0 Å². The van der Waals surface area contributed by atoms with E-state index in [2.05, 4.69) is 33.1 Å². The molecule has 0 unspecified atom stereocenters. The van der Waals surface area contributed by atoms with E-state index >= 15 is 0 Å². The Bertz CT molecular complexity index is 1450. The summed E-state index contributed by atoms with van der Waals surface area (Å²) >= 11 is 0.